The Labute approximate surface area is 132 Å². The van der Waals surface area contributed by atoms with Crippen LogP contribution in [-0.2, 0) is 0 Å². The molecule has 1 aliphatic carbocycles. The molecule has 2 N–H and O–H groups in total. The van der Waals surface area contributed by atoms with Crippen molar-refractivity contribution >= 4 is 12.1 Å². The van der Waals surface area contributed by atoms with Gasteiger partial charge in [-0.25, -0.2) is 9.59 Å². The van der Waals surface area contributed by atoms with Crippen molar-refractivity contribution in [1.29, 1.82) is 0 Å². The molecule has 2 aliphatic heterocycles. The standard InChI is InChI=1S/C16H28N4O2/c1-2-17-15(21)19-10-8-13(11-19)18-16(22)20-9-4-7-14(20)12-5-3-6-12/h12-14H,2-11H2,1H3,(H,17,21)(H,18,22)/t13-,14+/m0/s1. The molecule has 0 aromatic heterocycles. The molecule has 1 saturated carbocycles. The maximum atomic E-state index is 12.6. The van der Waals surface area contributed by atoms with Gasteiger partial charge in [0.15, 0.2) is 0 Å². The maximum absolute atomic E-state index is 12.6. The molecule has 0 aromatic carbocycles. The molecule has 124 valence electrons. The van der Waals surface area contributed by atoms with E-state index in [0.717, 1.165) is 38.3 Å². The van der Waals surface area contributed by atoms with Crippen molar-refractivity contribution in [3.8, 4) is 0 Å². The summed E-state index contributed by atoms with van der Waals surface area (Å²) in [6.45, 7) is 4.80. The van der Waals surface area contributed by atoms with Gasteiger partial charge >= 0.3 is 12.1 Å². The largest absolute Gasteiger partial charge is 0.338 e. The van der Waals surface area contributed by atoms with Crippen molar-refractivity contribution in [1.82, 2.24) is 20.4 Å². The van der Waals surface area contributed by atoms with Crippen LogP contribution in [0, 0.1) is 5.92 Å². The van der Waals surface area contributed by atoms with Crippen molar-refractivity contribution < 1.29 is 9.59 Å². The van der Waals surface area contributed by atoms with Crippen molar-refractivity contribution in [2.45, 2.75) is 57.5 Å². The van der Waals surface area contributed by atoms with Crippen LogP contribution in [0.1, 0.15) is 45.4 Å². The lowest BCUT2D eigenvalue weighted by Crippen LogP contribution is -2.50. The van der Waals surface area contributed by atoms with Crippen LogP contribution in [0.4, 0.5) is 9.59 Å². The van der Waals surface area contributed by atoms with Crippen LogP contribution in [0.5, 0.6) is 0 Å². The highest BCUT2D eigenvalue weighted by Gasteiger charge is 2.38. The van der Waals surface area contributed by atoms with Gasteiger partial charge in [0.05, 0.1) is 0 Å². The van der Waals surface area contributed by atoms with Gasteiger partial charge in [-0.3, -0.25) is 0 Å². The normalized spacial score (nSPS) is 28.6. The zero-order valence-corrected chi connectivity index (χ0v) is 13.5. The number of likely N-dealkylation sites (tertiary alicyclic amines) is 2. The Kier molecular flexibility index (Phi) is 4.74. The van der Waals surface area contributed by atoms with E-state index in [1.807, 2.05) is 6.92 Å². The number of carbonyl (C=O) groups excluding carboxylic acids is 2. The number of urea groups is 2. The van der Waals surface area contributed by atoms with Gasteiger partial charge in [0.2, 0.25) is 0 Å². The molecule has 2 atom stereocenters. The van der Waals surface area contributed by atoms with Gasteiger partial charge in [0.1, 0.15) is 0 Å². The topological polar surface area (TPSA) is 64.7 Å². The minimum Gasteiger partial charge on any atom is -0.338 e. The van der Waals surface area contributed by atoms with E-state index in [9.17, 15) is 9.59 Å². The lowest BCUT2D eigenvalue weighted by atomic mass is 9.79. The highest BCUT2D eigenvalue weighted by molar-refractivity contribution is 5.76. The van der Waals surface area contributed by atoms with E-state index in [0.29, 0.717) is 19.1 Å². The van der Waals surface area contributed by atoms with Gasteiger partial charge < -0.3 is 20.4 Å². The van der Waals surface area contributed by atoms with Crippen LogP contribution < -0.4 is 10.6 Å². The van der Waals surface area contributed by atoms with Crippen LogP contribution in [-0.4, -0.2) is 60.1 Å². The summed E-state index contributed by atoms with van der Waals surface area (Å²) >= 11 is 0. The summed E-state index contributed by atoms with van der Waals surface area (Å²) in [5.41, 5.74) is 0. The molecule has 0 aromatic rings. The fourth-order valence-electron chi connectivity index (χ4n) is 3.94. The summed E-state index contributed by atoms with van der Waals surface area (Å²) in [5, 5.41) is 5.96. The van der Waals surface area contributed by atoms with E-state index in [4.69, 9.17) is 0 Å². The fraction of sp³-hybridized carbons (Fsp3) is 0.875. The van der Waals surface area contributed by atoms with Crippen LogP contribution in [0.2, 0.25) is 0 Å². The minimum absolute atomic E-state index is 0.0206. The molecule has 0 bridgehead atoms. The smallest absolute Gasteiger partial charge is 0.317 e. The van der Waals surface area contributed by atoms with E-state index in [1.54, 1.807) is 4.90 Å². The van der Waals surface area contributed by atoms with Crippen LogP contribution in [0.15, 0.2) is 0 Å². The molecule has 22 heavy (non-hydrogen) atoms. The van der Waals surface area contributed by atoms with Gasteiger partial charge in [0.25, 0.3) is 0 Å². The molecule has 6 nitrogen and oxygen atoms in total. The monoisotopic (exact) mass is 308 g/mol. The van der Waals surface area contributed by atoms with Crippen molar-refractivity contribution in [2.75, 3.05) is 26.2 Å². The Hall–Kier alpha value is -1.46. The number of nitrogens with one attached hydrogen (secondary N) is 2. The molecule has 2 heterocycles. The predicted molar refractivity (Wildman–Crippen MR) is 84.7 cm³/mol. The first-order valence-corrected chi connectivity index (χ1v) is 8.79. The molecule has 2 saturated heterocycles. The summed E-state index contributed by atoms with van der Waals surface area (Å²) in [6, 6.07) is 0.609. The average Bonchev–Trinajstić information content (AvgIpc) is 3.06. The molecule has 0 unspecified atom stereocenters. The second-order valence-electron chi connectivity index (χ2n) is 6.81. The summed E-state index contributed by atoms with van der Waals surface area (Å²) in [5.74, 6) is 0.726. The Morgan fingerprint density at radius 1 is 1.05 bits per heavy atom. The second kappa shape index (κ2) is 6.75. The molecule has 0 spiro atoms. The lowest BCUT2D eigenvalue weighted by molar-refractivity contribution is 0.137. The molecule has 3 fully saturated rings. The van der Waals surface area contributed by atoms with E-state index in [-0.39, 0.29) is 18.1 Å². The highest BCUT2D eigenvalue weighted by atomic mass is 16.2. The zero-order valence-electron chi connectivity index (χ0n) is 13.5. The predicted octanol–water partition coefficient (Wildman–Crippen LogP) is 1.76. The van der Waals surface area contributed by atoms with Gasteiger partial charge in [-0.2, -0.15) is 0 Å². The summed E-state index contributed by atoms with van der Waals surface area (Å²) in [6.07, 6.45) is 7.02. The summed E-state index contributed by atoms with van der Waals surface area (Å²) < 4.78 is 0. The molecule has 3 rings (SSSR count). The number of hydrogen-bond acceptors (Lipinski definition) is 2. The third-order valence-corrected chi connectivity index (χ3v) is 5.39. The lowest BCUT2D eigenvalue weighted by Gasteiger charge is -2.37. The first kappa shape index (κ1) is 15.4. The minimum atomic E-state index is -0.0206. The van der Waals surface area contributed by atoms with Gasteiger partial charge in [0, 0.05) is 38.3 Å². The molecule has 3 aliphatic rings. The number of hydrogen-bond donors (Lipinski definition) is 2. The number of carbonyl (C=O) groups is 2. The SMILES string of the molecule is CCNC(=O)N1CC[C@H](NC(=O)N2CCC[C@@H]2C2CCC2)C1. The Bertz CT molecular complexity index is 424. The maximum Gasteiger partial charge on any atom is 0.317 e. The third kappa shape index (κ3) is 3.15. The quantitative estimate of drug-likeness (QED) is 0.834. The van der Waals surface area contributed by atoms with Crippen molar-refractivity contribution in [2.24, 2.45) is 5.92 Å². The van der Waals surface area contributed by atoms with E-state index in [1.165, 1.54) is 19.3 Å². The summed E-state index contributed by atoms with van der Waals surface area (Å²) in [4.78, 5) is 28.2. The number of rotatable bonds is 3. The number of nitrogens with zero attached hydrogens (tertiary/aromatic N) is 2. The third-order valence-electron chi connectivity index (χ3n) is 5.39. The first-order chi connectivity index (χ1) is 10.7. The molecular weight excluding hydrogens is 280 g/mol. The van der Waals surface area contributed by atoms with E-state index < -0.39 is 0 Å². The van der Waals surface area contributed by atoms with Crippen molar-refractivity contribution in [3.05, 3.63) is 0 Å². The van der Waals surface area contributed by atoms with Crippen LogP contribution >= 0.6 is 0 Å². The van der Waals surface area contributed by atoms with E-state index in [2.05, 4.69) is 15.5 Å². The molecular formula is C16H28N4O2. The molecule has 4 amide bonds. The van der Waals surface area contributed by atoms with Crippen LogP contribution in [0.3, 0.4) is 0 Å². The van der Waals surface area contributed by atoms with Crippen LogP contribution in [0.25, 0.3) is 0 Å². The number of amides is 4. The van der Waals surface area contributed by atoms with Gasteiger partial charge in [-0.05, 0) is 44.9 Å². The van der Waals surface area contributed by atoms with Gasteiger partial charge in [-0.1, -0.05) is 6.42 Å². The molecule has 0 radical (unpaired) electrons. The summed E-state index contributed by atoms with van der Waals surface area (Å²) in [7, 11) is 0. The molecule has 6 heteroatoms. The average molecular weight is 308 g/mol. The first-order valence-electron chi connectivity index (χ1n) is 8.79. The van der Waals surface area contributed by atoms with E-state index >= 15 is 0 Å². The Balaban J connectivity index is 1.48. The van der Waals surface area contributed by atoms with Crippen molar-refractivity contribution in [3.63, 3.8) is 0 Å². The zero-order chi connectivity index (χ0) is 15.5. The Morgan fingerprint density at radius 2 is 1.86 bits per heavy atom. The highest BCUT2D eigenvalue weighted by Crippen LogP contribution is 2.37. The fourth-order valence-corrected chi connectivity index (χ4v) is 3.94. The van der Waals surface area contributed by atoms with Gasteiger partial charge in [-0.15, -0.1) is 0 Å². The Morgan fingerprint density at radius 3 is 2.55 bits per heavy atom. The second-order valence-corrected chi connectivity index (χ2v) is 6.81.